The highest BCUT2D eigenvalue weighted by Crippen LogP contribution is 2.36. The van der Waals surface area contributed by atoms with Crippen molar-refractivity contribution < 1.29 is 23.7 Å². The van der Waals surface area contributed by atoms with Crippen molar-refractivity contribution in [3.63, 3.8) is 0 Å². The second-order valence-electron chi connectivity index (χ2n) is 7.79. The molecule has 0 saturated carbocycles. The third kappa shape index (κ3) is 4.21. The summed E-state index contributed by atoms with van der Waals surface area (Å²) in [4.78, 5) is 16.7. The lowest BCUT2D eigenvalue weighted by atomic mass is 10.1. The van der Waals surface area contributed by atoms with Crippen molar-refractivity contribution in [2.45, 2.75) is 0 Å². The Kier molecular flexibility index (Phi) is 5.94. The van der Waals surface area contributed by atoms with Crippen LogP contribution in [0.15, 0.2) is 48.5 Å². The molecule has 0 spiro atoms. The van der Waals surface area contributed by atoms with E-state index in [1.54, 1.807) is 31.3 Å². The third-order valence-electron chi connectivity index (χ3n) is 5.87. The number of fused-ring (bicyclic) bond motifs is 1. The standard InChI is InChI=1S/C24H25N5O5/c1-31-19-4-3-5-20(32-2)23(19)25-24(30)29-12-10-28(11-13-29)22-9-7-17(26-27-22)16-6-8-18-21(14-16)34-15-33-18/h3-9,14H,10-13,15H2,1-2H3,(H,25,30). The van der Waals surface area contributed by atoms with Gasteiger partial charge in [0.1, 0.15) is 17.2 Å². The summed E-state index contributed by atoms with van der Waals surface area (Å²) in [5.41, 5.74) is 2.19. The lowest BCUT2D eigenvalue weighted by Gasteiger charge is -2.35. The van der Waals surface area contributed by atoms with E-state index < -0.39 is 0 Å². The van der Waals surface area contributed by atoms with Gasteiger partial charge in [0.25, 0.3) is 0 Å². The molecule has 10 heteroatoms. The minimum Gasteiger partial charge on any atom is -0.494 e. The largest absolute Gasteiger partial charge is 0.494 e. The number of hydrogen-bond acceptors (Lipinski definition) is 8. The number of ether oxygens (including phenoxy) is 4. The Balaban J connectivity index is 1.21. The number of carbonyl (C=O) groups is 1. The molecule has 5 rings (SSSR count). The lowest BCUT2D eigenvalue weighted by molar-refractivity contribution is 0.174. The number of nitrogens with zero attached hydrogens (tertiary/aromatic N) is 4. The van der Waals surface area contributed by atoms with Gasteiger partial charge in [-0.15, -0.1) is 10.2 Å². The summed E-state index contributed by atoms with van der Waals surface area (Å²) in [6, 6.07) is 14.8. The van der Waals surface area contributed by atoms with E-state index in [1.165, 1.54) is 0 Å². The molecule has 3 heterocycles. The molecule has 2 aliphatic rings. The highest BCUT2D eigenvalue weighted by atomic mass is 16.7. The normalized spacial score (nSPS) is 14.6. The zero-order chi connectivity index (χ0) is 23.5. The number of benzene rings is 2. The van der Waals surface area contributed by atoms with E-state index in [9.17, 15) is 4.79 Å². The summed E-state index contributed by atoms with van der Waals surface area (Å²) in [7, 11) is 3.12. The van der Waals surface area contributed by atoms with Gasteiger partial charge in [0.15, 0.2) is 17.3 Å². The van der Waals surface area contributed by atoms with E-state index in [1.807, 2.05) is 36.4 Å². The molecular formula is C24H25N5O5. The third-order valence-corrected chi connectivity index (χ3v) is 5.87. The summed E-state index contributed by atoms with van der Waals surface area (Å²) in [5, 5.41) is 11.7. The molecule has 2 aromatic carbocycles. The predicted molar refractivity (Wildman–Crippen MR) is 126 cm³/mol. The average Bonchev–Trinajstić information content (AvgIpc) is 3.37. The molecule has 0 bridgehead atoms. The van der Waals surface area contributed by atoms with Gasteiger partial charge in [0, 0.05) is 31.7 Å². The smallest absolute Gasteiger partial charge is 0.322 e. The number of piperazine rings is 1. The maximum Gasteiger partial charge on any atom is 0.322 e. The van der Waals surface area contributed by atoms with Crippen LogP contribution >= 0.6 is 0 Å². The zero-order valence-electron chi connectivity index (χ0n) is 19.0. The number of anilines is 2. The first kappa shape index (κ1) is 21.6. The van der Waals surface area contributed by atoms with Gasteiger partial charge < -0.3 is 34.1 Å². The van der Waals surface area contributed by atoms with Crippen molar-refractivity contribution in [2.24, 2.45) is 0 Å². The van der Waals surface area contributed by atoms with Crippen LogP contribution in [0.5, 0.6) is 23.0 Å². The number of para-hydroxylation sites is 1. The van der Waals surface area contributed by atoms with Crippen LogP contribution in [0.1, 0.15) is 0 Å². The summed E-state index contributed by atoms with van der Waals surface area (Å²) in [5.74, 6) is 3.31. The Hall–Kier alpha value is -4.21. The molecule has 10 nitrogen and oxygen atoms in total. The van der Waals surface area contributed by atoms with Gasteiger partial charge in [-0.05, 0) is 42.5 Å². The number of hydrogen-bond donors (Lipinski definition) is 1. The van der Waals surface area contributed by atoms with Crippen LogP contribution in [0.2, 0.25) is 0 Å². The first-order chi connectivity index (χ1) is 16.7. The highest BCUT2D eigenvalue weighted by Gasteiger charge is 2.24. The SMILES string of the molecule is COc1cccc(OC)c1NC(=O)N1CCN(c2ccc(-c3ccc4c(c3)OCO4)nn2)CC1. The molecule has 0 radical (unpaired) electrons. The van der Waals surface area contributed by atoms with Crippen LogP contribution in [-0.2, 0) is 0 Å². The molecule has 3 aromatic rings. The second-order valence-corrected chi connectivity index (χ2v) is 7.79. The molecule has 0 atom stereocenters. The maximum absolute atomic E-state index is 12.9. The number of aromatic nitrogens is 2. The topological polar surface area (TPSA) is 98.3 Å². The van der Waals surface area contributed by atoms with E-state index in [-0.39, 0.29) is 12.8 Å². The van der Waals surface area contributed by atoms with Crippen LogP contribution in [0.4, 0.5) is 16.3 Å². The van der Waals surface area contributed by atoms with Gasteiger partial charge in [-0.2, -0.15) is 0 Å². The lowest BCUT2D eigenvalue weighted by Crippen LogP contribution is -2.50. The fourth-order valence-electron chi connectivity index (χ4n) is 4.00. The van der Waals surface area contributed by atoms with Gasteiger partial charge in [-0.3, -0.25) is 0 Å². The zero-order valence-corrected chi connectivity index (χ0v) is 19.0. The molecular weight excluding hydrogens is 438 g/mol. The van der Waals surface area contributed by atoms with E-state index in [0.29, 0.717) is 49.1 Å². The molecule has 1 fully saturated rings. The number of urea groups is 1. The van der Waals surface area contributed by atoms with Crippen molar-refractivity contribution >= 4 is 17.5 Å². The van der Waals surface area contributed by atoms with Gasteiger partial charge in [0.05, 0.1) is 19.9 Å². The summed E-state index contributed by atoms with van der Waals surface area (Å²) in [6.07, 6.45) is 0. The second kappa shape index (κ2) is 9.34. The monoisotopic (exact) mass is 463 g/mol. The van der Waals surface area contributed by atoms with Crippen LogP contribution < -0.4 is 29.2 Å². The fourth-order valence-corrected chi connectivity index (χ4v) is 4.00. The molecule has 176 valence electrons. The molecule has 1 N–H and O–H groups in total. The summed E-state index contributed by atoms with van der Waals surface area (Å²) < 4.78 is 21.5. The van der Waals surface area contributed by atoms with E-state index in [0.717, 1.165) is 22.8 Å². The first-order valence-electron chi connectivity index (χ1n) is 10.9. The van der Waals surface area contributed by atoms with Crippen molar-refractivity contribution in [3.05, 3.63) is 48.5 Å². The molecule has 34 heavy (non-hydrogen) atoms. The Morgan fingerprint density at radius 1 is 0.912 bits per heavy atom. The van der Waals surface area contributed by atoms with E-state index in [4.69, 9.17) is 18.9 Å². The van der Waals surface area contributed by atoms with Crippen molar-refractivity contribution in [1.82, 2.24) is 15.1 Å². The van der Waals surface area contributed by atoms with Crippen molar-refractivity contribution in [1.29, 1.82) is 0 Å². The fraction of sp³-hybridized carbons (Fsp3) is 0.292. The van der Waals surface area contributed by atoms with Gasteiger partial charge in [0.2, 0.25) is 6.79 Å². The van der Waals surface area contributed by atoms with Crippen LogP contribution in [-0.4, -0.2) is 68.3 Å². The van der Waals surface area contributed by atoms with Crippen molar-refractivity contribution in [3.8, 4) is 34.3 Å². The van der Waals surface area contributed by atoms with Gasteiger partial charge in [-0.25, -0.2) is 4.79 Å². The minimum atomic E-state index is -0.202. The number of amides is 2. The van der Waals surface area contributed by atoms with Crippen LogP contribution in [0, 0.1) is 0 Å². The van der Waals surface area contributed by atoms with E-state index in [2.05, 4.69) is 20.4 Å². The quantitative estimate of drug-likeness (QED) is 0.616. The van der Waals surface area contributed by atoms with Crippen molar-refractivity contribution in [2.75, 3.05) is 57.4 Å². The molecule has 0 unspecified atom stereocenters. The van der Waals surface area contributed by atoms with Crippen LogP contribution in [0.25, 0.3) is 11.3 Å². The molecule has 2 aliphatic heterocycles. The maximum atomic E-state index is 12.9. The highest BCUT2D eigenvalue weighted by molar-refractivity contribution is 5.93. The minimum absolute atomic E-state index is 0.202. The number of rotatable bonds is 5. The average molecular weight is 463 g/mol. The van der Waals surface area contributed by atoms with Crippen LogP contribution in [0.3, 0.4) is 0 Å². The first-order valence-corrected chi connectivity index (χ1v) is 10.9. The molecule has 0 aliphatic carbocycles. The molecule has 2 amide bonds. The number of carbonyl (C=O) groups excluding carboxylic acids is 1. The Morgan fingerprint density at radius 3 is 2.32 bits per heavy atom. The molecule has 1 saturated heterocycles. The Morgan fingerprint density at radius 2 is 1.65 bits per heavy atom. The van der Waals surface area contributed by atoms with E-state index >= 15 is 0 Å². The number of nitrogens with one attached hydrogen (secondary N) is 1. The van der Waals surface area contributed by atoms with Gasteiger partial charge in [-0.1, -0.05) is 6.07 Å². The number of methoxy groups -OCH3 is 2. The molecule has 1 aromatic heterocycles. The Bertz CT molecular complexity index is 1160. The Labute approximate surface area is 197 Å². The predicted octanol–water partition coefficient (Wildman–Crippen LogP) is 3.24. The summed E-state index contributed by atoms with van der Waals surface area (Å²) in [6.45, 7) is 2.63. The van der Waals surface area contributed by atoms with Gasteiger partial charge >= 0.3 is 6.03 Å². The summed E-state index contributed by atoms with van der Waals surface area (Å²) >= 11 is 0.